The minimum atomic E-state index is 0.0177. The van der Waals surface area contributed by atoms with Crippen molar-refractivity contribution >= 4 is 48.9 Å². The number of esters is 1. The summed E-state index contributed by atoms with van der Waals surface area (Å²) in [7, 11) is 0. The Morgan fingerprint density at radius 3 is 2.73 bits per heavy atom. The van der Waals surface area contributed by atoms with Crippen LogP contribution in [0.5, 0.6) is 0 Å². The zero-order valence-electron chi connectivity index (χ0n) is 13.0. The summed E-state index contributed by atoms with van der Waals surface area (Å²) in [6.07, 6.45) is 4.27. The second-order valence-corrected chi connectivity index (χ2v) is 10.8. The zero-order valence-corrected chi connectivity index (χ0v) is 16.4. The molecule has 0 saturated carbocycles. The third-order valence-corrected chi connectivity index (χ3v) is 8.87. The summed E-state index contributed by atoms with van der Waals surface area (Å²) in [6.45, 7) is 2.69. The average Bonchev–Trinajstić information content (AvgIpc) is 2.56. The first-order valence-electron chi connectivity index (χ1n) is 7.91. The topological polar surface area (TPSA) is 26.3 Å². The van der Waals surface area contributed by atoms with Gasteiger partial charge in [-0.05, 0) is 0 Å². The summed E-state index contributed by atoms with van der Waals surface area (Å²) in [4.78, 5) is 12.5. The Morgan fingerprint density at radius 1 is 1.32 bits per heavy atom. The van der Waals surface area contributed by atoms with Crippen LogP contribution in [0.4, 0.5) is 0 Å². The third-order valence-electron chi connectivity index (χ3n) is 3.33. The van der Waals surface area contributed by atoms with Gasteiger partial charge in [-0.15, -0.1) is 0 Å². The maximum atomic E-state index is 12.5. The molecule has 0 spiro atoms. The monoisotopic (exact) mass is 404 g/mol. The second-order valence-electron chi connectivity index (χ2n) is 5.20. The van der Waals surface area contributed by atoms with E-state index >= 15 is 0 Å². The van der Waals surface area contributed by atoms with Crippen molar-refractivity contribution in [3.05, 3.63) is 30.3 Å². The fourth-order valence-corrected chi connectivity index (χ4v) is 7.91. The van der Waals surface area contributed by atoms with E-state index in [0.717, 1.165) is 19.3 Å². The number of hydrogen-bond donors (Lipinski definition) is 0. The molecule has 1 aromatic carbocycles. The Morgan fingerprint density at radius 2 is 2.05 bits per heavy atom. The van der Waals surface area contributed by atoms with Gasteiger partial charge in [0, 0.05) is 0 Å². The van der Waals surface area contributed by atoms with Crippen molar-refractivity contribution in [2.45, 2.75) is 42.0 Å². The van der Waals surface area contributed by atoms with Crippen molar-refractivity contribution in [3.63, 3.8) is 0 Å². The van der Waals surface area contributed by atoms with Crippen LogP contribution in [0.1, 0.15) is 32.6 Å². The molecule has 1 atom stereocenters. The van der Waals surface area contributed by atoms with E-state index in [0.29, 0.717) is 11.2 Å². The maximum absolute atomic E-state index is 12.5. The molecule has 1 aliphatic heterocycles. The molecule has 0 aliphatic carbocycles. The van der Waals surface area contributed by atoms with Gasteiger partial charge in [0.1, 0.15) is 0 Å². The third kappa shape index (κ3) is 6.57. The van der Waals surface area contributed by atoms with Gasteiger partial charge in [0.25, 0.3) is 0 Å². The molecular formula is C17H24O2S2Se. The standard InChI is InChI=1S/C17H24O2S2Se/c1-2-3-10-19-17(18)15(13-16-20-11-7-12-21-16)22-14-8-5-4-6-9-14/h4-6,8-9,15-16H,2-3,7,10-13H2,1H3. The predicted octanol–water partition coefficient (Wildman–Crippen LogP) is 3.73. The van der Waals surface area contributed by atoms with E-state index in [4.69, 9.17) is 4.74 Å². The van der Waals surface area contributed by atoms with Crippen molar-refractivity contribution in [3.8, 4) is 0 Å². The molecule has 0 N–H and O–H groups in total. The Balaban J connectivity index is 1.94. The van der Waals surface area contributed by atoms with E-state index in [1.165, 1.54) is 22.4 Å². The number of unbranched alkanes of at least 4 members (excludes halogenated alkanes) is 1. The molecule has 0 radical (unpaired) electrons. The summed E-state index contributed by atoms with van der Waals surface area (Å²) in [5, 5.41) is 0. The molecule has 2 nitrogen and oxygen atoms in total. The first-order valence-corrected chi connectivity index (χ1v) is 11.9. The normalized spacial score (nSPS) is 17.1. The molecule has 2 rings (SSSR count). The van der Waals surface area contributed by atoms with Crippen molar-refractivity contribution < 1.29 is 9.53 Å². The van der Waals surface area contributed by atoms with E-state index in [1.54, 1.807) is 0 Å². The number of hydrogen-bond acceptors (Lipinski definition) is 4. The van der Waals surface area contributed by atoms with E-state index in [9.17, 15) is 4.79 Å². The van der Waals surface area contributed by atoms with Gasteiger partial charge in [0.05, 0.1) is 0 Å². The minimum absolute atomic E-state index is 0.0177. The molecule has 0 bridgehead atoms. The molecule has 1 aliphatic rings. The number of ether oxygens (including phenoxy) is 1. The average molecular weight is 403 g/mol. The summed E-state index contributed by atoms with van der Waals surface area (Å²) in [5.41, 5.74) is 0. The summed E-state index contributed by atoms with van der Waals surface area (Å²) in [5.74, 6) is 2.48. The van der Waals surface area contributed by atoms with Crippen LogP contribution in [0.25, 0.3) is 0 Å². The summed E-state index contributed by atoms with van der Waals surface area (Å²) < 4.78 is 7.36. The fourth-order valence-electron chi connectivity index (χ4n) is 2.11. The Hall–Kier alpha value is -0.0905. The van der Waals surface area contributed by atoms with Crippen LogP contribution < -0.4 is 4.46 Å². The number of benzene rings is 1. The van der Waals surface area contributed by atoms with Gasteiger partial charge in [-0.25, -0.2) is 0 Å². The number of rotatable bonds is 8. The fraction of sp³-hybridized carbons (Fsp3) is 0.588. The summed E-state index contributed by atoms with van der Waals surface area (Å²) in [6, 6.07) is 10.4. The van der Waals surface area contributed by atoms with Gasteiger partial charge >= 0.3 is 149 Å². The Labute approximate surface area is 148 Å². The Bertz CT molecular complexity index is 436. The van der Waals surface area contributed by atoms with Crippen molar-refractivity contribution in [2.75, 3.05) is 18.1 Å². The number of thioether (sulfide) groups is 2. The quantitative estimate of drug-likeness (QED) is 0.375. The van der Waals surface area contributed by atoms with Gasteiger partial charge in [-0.3, -0.25) is 0 Å². The molecule has 22 heavy (non-hydrogen) atoms. The van der Waals surface area contributed by atoms with Crippen molar-refractivity contribution in [1.82, 2.24) is 0 Å². The predicted molar refractivity (Wildman–Crippen MR) is 99.4 cm³/mol. The van der Waals surface area contributed by atoms with Crippen molar-refractivity contribution in [1.29, 1.82) is 0 Å². The van der Waals surface area contributed by atoms with Crippen LogP contribution >= 0.6 is 23.5 Å². The first-order chi connectivity index (χ1) is 10.8. The van der Waals surface area contributed by atoms with Crippen LogP contribution in [0.3, 0.4) is 0 Å². The number of carbonyl (C=O) groups excluding carboxylic acids is 1. The van der Waals surface area contributed by atoms with Gasteiger partial charge in [-0.2, -0.15) is 0 Å². The van der Waals surface area contributed by atoms with Gasteiger partial charge in [0.15, 0.2) is 0 Å². The molecule has 0 aromatic heterocycles. The molecule has 1 aromatic rings. The molecular weight excluding hydrogens is 379 g/mol. The second kappa shape index (κ2) is 10.6. The van der Waals surface area contributed by atoms with E-state index < -0.39 is 0 Å². The molecule has 1 saturated heterocycles. The molecule has 1 unspecified atom stereocenters. The summed E-state index contributed by atoms with van der Waals surface area (Å²) >= 11 is 4.18. The van der Waals surface area contributed by atoms with Crippen molar-refractivity contribution in [2.24, 2.45) is 0 Å². The molecule has 1 fully saturated rings. The number of carbonyl (C=O) groups is 1. The van der Waals surface area contributed by atoms with E-state index in [1.807, 2.05) is 29.6 Å². The van der Waals surface area contributed by atoms with Crippen LogP contribution in [0.2, 0.25) is 4.82 Å². The Kier molecular flexibility index (Phi) is 8.83. The van der Waals surface area contributed by atoms with Crippen LogP contribution in [0, 0.1) is 0 Å². The first kappa shape index (κ1) is 18.3. The van der Waals surface area contributed by atoms with Gasteiger partial charge in [0.2, 0.25) is 0 Å². The van der Waals surface area contributed by atoms with Crippen LogP contribution in [-0.4, -0.2) is 43.6 Å². The van der Waals surface area contributed by atoms with E-state index in [-0.39, 0.29) is 25.7 Å². The van der Waals surface area contributed by atoms with Gasteiger partial charge < -0.3 is 0 Å². The molecule has 5 heteroatoms. The molecule has 122 valence electrons. The van der Waals surface area contributed by atoms with Crippen LogP contribution in [-0.2, 0) is 9.53 Å². The molecule has 0 amide bonds. The van der Waals surface area contributed by atoms with Gasteiger partial charge in [-0.1, -0.05) is 0 Å². The SMILES string of the molecule is CCCCOC(=O)C(CC1SCCCS1)[Se]c1ccccc1. The van der Waals surface area contributed by atoms with E-state index in [2.05, 4.69) is 31.2 Å². The zero-order chi connectivity index (χ0) is 15.6. The van der Waals surface area contributed by atoms with Crippen LogP contribution in [0.15, 0.2) is 30.3 Å². The molecule has 1 heterocycles.